The summed E-state index contributed by atoms with van der Waals surface area (Å²) in [6.45, 7) is 4.05. The van der Waals surface area contributed by atoms with Crippen LogP contribution in [0.15, 0.2) is 5.16 Å². The zero-order valence-corrected chi connectivity index (χ0v) is 12.8. The summed E-state index contributed by atoms with van der Waals surface area (Å²) in [5.41, 5.74) is 5.11. The Labute approximate surface area is 122 Å². The first-order chi connectivity index (χ1) is 9.49. The molecule has 8 heteroatoms. The van der Waals surface area contributed by atoms with Crippen LogP contribution in [0.3, 0.4) is 0 Å². The Kier molecular flexibility index (Phi) is 6.50. The van der Waals surface area contributed by atoms with Crippen LogP contribution in [-0.2, 0) is 27.8 Å². The molecule has 1 amide bonds. The molecule has 0 aliphatic heterocycles. The molecule has 0 bridgehead atoms. The lowest BCUT2D eigenvalue weighted by atomic mass is 10.3. The molecule has 1 aromatic heterocycles. The molecule has 0 saturated heterocycles. The molecule has 0 saturated carbocycles. The van der Waals surface area contributed by atoms with Gasteiger partial charge in [-0.2, -0.15) is 0 Å². The molecule has 1 aromatic rings. The molecule has 20 heavy (non-hydrogen) atoms. The summed E-state index contributed by atoms with van der Waals surface area (Å²) in [6.07, 6.45) is 1.31. The van der Waals surface area contributed by atoms with Gasteiger partial charge in [0.15, 0.2) is 5.16 Å². The van der Waals surface area contributed by atoms with E-state index in [1.165, 1.54) is 11.8 Å². The number of nitrogens with zero attached hydrogens (tertiary/aromatic N) is 3. The second kappa shape index (κ2) is 7.88. The Hall–Kier alpha value is -1.57. The van der Waals surface area contributed by atoms with Crippen LogP contribution in [0.4, 0.5) is 0 Å². The molecule has 0 aliphatic carbocycles. The van der Waals surface area contributed by atoms with Gasteiger partial charge >= 0.3 is 5.97 Å². The van der Waals surface area contributed by atoms with Crippen molar-refractivity contribution in [3.8, 4) is 0 Å². The van der Waals surface area contributed by atoms with Gasteiger partial charge in [0, 0.05) is 19.9 Å². The lowest BCUT2D eigenvalue weighted by molar-refractivity contribution is -0.142. The normalized spacial score (nSPS) is 12.2. The van der Waals surface area contributed by atoms with Crippen molar-refractivity contribution in [3.05, 3.63) is 5.82 Å². The maximum atomic E-state index is 11.8. The Morgan fingerprint density at radius 2 is 2.10 bits per heavy atom. The smallest absolute Gasteiger partial charge is 0.319 e. The summed E-state index contributed by atoms with van der Waals surface area (Å²) in [5, 5.41) is 8.38. The maximum absolute atomic E-state index is 11.8. The van der Waals surface area contributed by atoms with E-state index in [2.05, 4.69) is 10.2 Å². The Balaban J connectivity index is 2.72. The van der Waals surface area contributed by atoms with Gasteiger partial charge in [-0.3, -0.25) is 9.59 Å². The number of primary amides is 1. The van der Waals surface area contributed by atoms with E-state index in [-0.39, 0.29) is 23.5 Å². The molecule has 112 valence electrons. The van der Waals surface area contributed by atoms with Crippen molar-refractivity contribution in [1.29, 1.82) is 0 Å². The minimum absolute atomic E-state index is 0.228. The highest BCUT2D eigenvalue weighted by Crippen LogP contribution is 2.25. The van der Waals surface area contributed by atoms with E-state index in [9.17, 15) is 9.59 Å². The molecule has 0 aromatic carbocycles. The topological polar surface area (TPSA) is 100 Å². The first kappa shape index (κ1) is 16.5. The van der Waals surface area contributed by atoms with Gasteiger partial charge < -0.3 is 15.0 Å². The average Bonchev–Trinajstić information content (AvgIpc) is 2.74. The van der Waals surface area contributed by atoms with Crippen LogP contribution in [0.2, 0.25) is 0 Å². The molecule has 0 unspecified atom stereocenters. The van der Waals surface area contributed by atoms with E-state index < -0.39 is 0 Å². The minimum Gasteiger partial charge on any atom is -0.465 e. The predicted octanol–water partition coefficient (Wildman–Crippen LogP) is 0.667. The van der Waals surface area contributed by atoms with Crippen molar-refractivity contribution in [2.45, 2.75) is 43.5 Å². The van der Waals surface area contributed by atoms with E-state index in [4.69, 9.17) is 10.5 Å². The van der Waals surface area contributed by atoms with Gasteiger partial charge in [-0.15, -0.1) is 10.2 Å². The molecule has 0 radical (unpaired) electrons. The first-order valence-electron chi connectivity index (χ1n) is 6.49. The number of hydrogen-bond acceptors (Lipinski definition) is 6. The highest BCUT2D eigenvalue weighted by molar-refractivity contribution is 8.00. The molecular formula is C12H20N4O3S. The monoisotopic (exact) mass is 300 g/mol. The summed E-state index contributed by atoms with van der Waals surface area (Å²) in [6, 6.07) is 0. The molecule has 0 spiro atoms. The number of carbonyl (C=O) groups is 2. The van der Waals surface area contributed by atoms with Crippen LogP contribution < -0.4 is 5.73 Å². The summed E-state index contributed by atoms with van der Waals surface area (Å²) in [5.74, 6) is 0.0480. The zero-order valence-electron chi connectivity index (χ0n) is 12.0. The fourth-order valence-electron chi connectivity index (χ4n) is 1.56. The predicted molar refractivity (Wildman–Crippen MR) is 75.1 cm³/mol. The SMILES string of the molecule is CCOC(=O)[C@@H](CC)Sc1nnc(CCC(N)=O)n1C. The molecule has 0 aliphatic rings. The summed E-state index contributed by atoms with van der Waals surface area (Å²) < 4.78 is 6.79. The number of amides is 1. The van der Waals surface area contributed by atoms with Gasteiger partial charge in [0.2, 0.25) is 5.91 Å². The average molecular weight is 300 g/mol. The van der Waals surface area contributed by atoms with E-state index >= 15 is 0 Å². The van der Waals surface area contributed by atoms with Crippen LogP contribution >= 0.6 is 11.8 Å². The van der Waals surface area contributed by atoms with Gasteiger partial charge in [0.1, 0.15) is 11.1 Å². The van der Waals surface area contributed by atoms with Gasteiger partial charge in [0.25, 0.3) is 0 Å². The number of nitrogens with two attached hydrogens (primary N) is 1. The van der Waals surface area contributed by atoms with Gasteiger partial charge in [-0.1, -0.05) is 18.7 Å². The molecule has 0 fully saturated rings. The van der Waals surface area contributed by atoms with Crippen LogP contribution in [0.5, 0.6) is 0 Å². The van der Waals surface area contributed by atoms with Crippen molar-refractivity contribution >= 4 is 23.6 Å². The fourth-order valence-corrected chi connectivity index (χ4v) is 2.50. The van der Waals surface area contributed by atoms with Crippen LogP contribution in [0.25, 0.3) is 0 Å². The number of aryl methyl sites for hydroxylation is 1. The minimum atomic E-state index is -0.375. The Morgan fingerprint density at radius 3 is 2.65 bits per heavy atom. The number of ether oxygens (including phenoxy) is 1. The number of esters is 1. The quantitative estimate of drug-likeness (QED) is 0.559. The second-order valence-electron chi connectivity index (χ2n) is 4.19. The number of hydrogen-bond donors (Lipinski definition) is 1. The molecule has 7 nitrogen and oxygen atoms in total. The maximum Gasteiger partial charge on any atom is 0.319 e. The molecule has 1 atom stereocenters. The highest BCUT2D eigenvalue weighted by Gasteiger charge is 2.22. The number of rotatable bonds is 8. The fraction of sp³-hybridized carbons (Fsp3) is 0.667. The third-order valence-electron chi connectivity index (χ3n) is 2.69. The molecule has 1 rings (SSSR count). The number of aromatic nitrogens is 3. The van der Waals surface area contributed by atoms with E-state index in [1.54, 1.807) is 18.5 Å². The Bertz CT molecular complexity index is 475. The van der Waals surface area contributed by atoms with Crippen molar-refractivity contribution < 1.29 is 14.3 Å². The third-order valence-corrected chi connectivity index (χ3v) is 4.06. The largest absolute Gasteiger partial charge is 0.465 e. The van der Waals surface area contributed by atoms with Gasteiger partial charge in [-0.25, -0.2) is 0 Å². The standard InChI is InChI=1S/C12H20N4O3S/c1-4-8(11(18)19-5-2)20-12-15-14-10(16(12)3)7-6-9(13)17/h8H,4-7H2,1-3H3,(H2,13,17)/t8-/m1/s1. The third kappa shape index (κ3) is 4.52. The summed E-state index contributed by atoms with van der Waals surface area (Å²) in [7, 11) is 1.80. The van der Waals surface area contributed by atoms with Crippen molar-refractivity contribution in [3.63, 3.8) is 0 Å². The van der Waals surface area contributed by atoms with Crippen LogP contribution in [0, 0.1) is 0 Å². The summed E-state index contributed by atoms with van der Waals surface area (Å²) in [4.78, 5) is 22.5. The molecular weight excluding hydrogens is 280 g/mol. The first-order valence-corrected chi connectivity index (χ1v) is 7.37. The van der Waals surface area contributed by atoms with Gasteiger partial charge in [-0.05, 0) is 13.3 Å². The van der Waals surface area contributed by atoms with E-state index in [0.29, 0.717) is 30.4 Å². The Morgan fingerprint density at radius 1 is 1.40 bits per heavy atom. The van der Waals surface area contributed by atoms with Crippen molar-refractivity contribution in [1.82, 2.24) is 14.8 Å². The highest BCUT2D eigenvalue weighted by atomic mass is 32.2. The number of carbonyl (C=O) groups excluding carboxylic acids is 2. The molecule has 2 N–H and O–H groups in total. The molecule has 1 heterocycles. The summed E-state index contributed by atoms with van der Waals surface area (Å²) >= 11 is 1.32. The second-order valence-corrected chi connectivity index (χ2v) is 5.36. The lowest BCUT2D eigenvalue weighted by Crippen LogP contribution is -2.20. The zero-order chi connectivity index (χ0) is 15.1. The van der Waals surface area contributed by atoms with E-state index in [0.717, 1.165) is 0 Å². The van der Waals surface area contributed by atoms with Crippen molar-refractivity contribution in [2.75, 3.05) is 6.61 Å². The number of thioether (sulfide) groups is 1. The van der Waals surface area contributed by atoms with E-state index in [1.807, 2.05) is 6.92 Å². The van der Waals surface area contributed by atoms with Crippen LogP contribution in [0.1, 0.15) is 32.5 Å². The van der Waals surface area contributed by atoms with Crippen LogP contribution in [-0.4, -0.2) is 38.5 Å². The van der Waals surface area contributed by atoms with Gasteiger partial charge in [0.05, 0.1) is 6.61 Å². The lowest BCUT2D eigenvalue weighted by Gasteiger charge is -2.12. The van der Waals surface area contributed by atoms with Crippen molar-refractivity contribution in [2.24, 2.45) is 12.8 Å².